The van der Waals surface area contributed by atoms with Gasteiger partial charge in [0.2, 0.25) is 5.91 Å². The molecule has 2 aromatic rings. The molecule has 1 amide bonds. The molecule has 2 aliphatic rings. The van der Waals surface area contributed by atoms with Crippen LogP contribution in [0.4, 0.5) is 0 Å². The quantitative estimate of drug-likeness (QED) is 0.798. The standard InChI is InChI=1S/C20H27N3O4/c1-21(13-16-5-4-12-26-16)15-8-10-22(11-9-15)19(24)14-23-17-6-2-3-7-18(17)27-20(23)25/h2-3,6-7,15-16H,4-5,8-14H2,1H3. The van der Waals surface area contributed by atoms with Gasteiger partial charge in [-0.1, -0.05) is 12.1 Å². The SMILES string of the molecule is CN(CC1CCCO1)C1CCN(C(=O)Cn2c(=O)oc3ccccc32)CC1. The lowest BCUT2D eigenvalue weighted by Crippen LogP contribution is -2.48. The third-order valence-electron chi connectivity index (χ3n) is 5.82. The number of rotatable bonds is 5. The van der Waals surface area contributed by atoms with Gasteiger partial charge in [-0.15, -0.1) is 0 Å². The Morgan fingerprint density at radius 3 is 2.74 bits per heavy atom. The van der Waals surface area contributed by atoms with Crippen LogP contribution in [0.5, 0.6) is 0 Å². The van der Waals surface area contributed by atoms with Gasteiger partial charge in [-0.3, -0.25) is 9.36 Å². The molecule has 27 heavy (non-hydrogen) atoms. The van der Waals surface area contributed by atoms with Crippen LogP contribution in [-0.2, 0) is 16.1 Å². The third-order valence-corrected chi connectivity index (χ3v) is 5.82. The molecule has 3 heterocycles. The van der Waals surface area contributed by atoms with Crippen LogP contribution < -0.4 is 5.76 Å². The number of likely N-dealkylation sites (tertiary alicyclic amines) is 1. The molecule has 0 N–H and O–H groups in total. The monoisotopic (exact) mass is 373 g/mol. The molecule has 7 heteroatoms. The van der Waals surface area contributed by atoms with Crippen molar-refractivity contribution in [3.8, 4) is 0 Å². The normalized spacial score (nSPS) is 21.4. The van der Waals surface area contributed by atoms with E-state index in [1.807, 2.05) is 17.0 Å². The molecule has 1 atom stereocenters. The molecule has 0 bridgehead atoms. The summed E-state index contributed by atoms with van der Waals surface area (Å²) < 4.78 is 12.4. The highest BCUT2D eigenvalue weighted by molar-refractivity contribution is 5.79. The van der Waals surface area contributed by atoms with Gasteiger partial charge >= 0.3 is 5.76 Å². The van der Waals surface area contributed by atoms with Crippen LogP contribution in [0.25, 0.3) is 11.1 Å². The number of oxazole rings is 1. The highest BCUT2D eigenvalue weighted by Gasteiger charge is 2.28. The Balaban J connectivity index is 1.33. The molecular weight excluding hydrogens is 346 g/mol. The van der Waals surface area contributed by atoms with Crippen LogP contribution in [0, 0.1) is 0 Å². The topological polar surface area (TPSA) is 67.9 Å². The second-order valence-corrected chi connectivity index (χ2v) is 7.61. The summed E-state index contributed by atoms with van der Waals surface area (Å²) in [5, 5.41) is 0. The van der Waals surface area contributed by atoms with Crippen molar-refractivity contribution in [1.29, 1.82) is 0 Å². The van der Waals surface area contributed by atoms with E-state index in [1.54, 1.807) is 12.1 Å². The Labute approximate surface area is 158 Å². The molecule has 1 unspecified atom stereocenters. The maximum absolute atomic E-state index is 12.7. The van der Waals surface area contributed by atoms with Gasteiger partial charge < -0.3 is 19.0 Å². The zero-order valence-corrected chi connectivity index (χ0v) is 15.8. The number of hydrogen-bond acceptors (Lipinski definition) is 5. The Morgan fingerprint density at radius 1 is 1.22 bits per heavy atom. The molecule has 0 radical (unpaired) electrons. The van der Waals surface area contributed by atoms with E-state index in [9.17, 15) is 9.59 Å². The van der Waals surface area contributed by atoms with Crippen molar-refractivity contribution >= 4 is 17.0 Å². The third kappa shape index (κ3) is 3.94. The number of benzene rings is 1. The fourth-order valence-corrected chi connectivity index (χ4v) is 4.21. The van der Waals surface area contributed by atoms with Crippen molar-refractivity contribution in [2.24, 2.45) is 0 Å². The van der Waals surface area contributed by atoms with Gasteiger partial charge in [0.15, 0.2) is 5.58 Å². The number of nitrogens with zero attached hydrogens (tertiary/aromatic N) is 3. The lowest BCUT2D eigenvalue weighted by atomic mass is 10.0. The highest BCUT2D eigenvalue weighted by Crippen LogP contribution is 2.20. The van der Waals surface area contributed by atoms with Crippen LogP contribution in [0.2, 0.25) is 0 Å². The van der Waals surface area contributed by atoms with E-state index < -0.39 is 5.76 Å². The van der Waals surface area contributed by atoms with E-state index in [1.165, 1.54) is 4.57 Å². The molecule has 0 aliphatic carbocycles. The van der Waals surface area contributed by atoms with Gasteiger partial charge in [0.25, 0.3) is 0 Å². The predicted octanol–water partition coefficient (Wildman–Crippen LogP) is 1.70. The predicted molar refractivity (Wildman–Crippen MR) is 102 cm³/mol. The van der Waals surface area contributed by atoms with Gasteiger partial charge in [-0.25, -0.2) is 4.79 Å². The van der Waals surface area contributed by atoms with E-state index >= 15 is 0 Å². The molecule has 2 aliphatic heterocycles. The molecule has 7 nitrogen and oxygen atoms in total. The lowest BCUT2D eigenvalue weighted by molar-refractivity contribution is -0.133. The molecule has 2 saturated heterocycles. The van der Waals surface area contributed by atoms with Gasteiger partial charge in [-0.05, 0) is 44.9 Å². The first-order valence-electron chi connectivity index (χ1n) is 9.80. The fourth-order valence-electron chi connectivity index (χ4n) is 4.21. The van der Waals surface area contributed by atoms with Crippen molar-refractivity contribution < 1.29 is 13.9 Å². The minimum absolute atomic E-state index is 0.0242. The summed E-state index contributed by atoms with van der Waals surface area (Å²) in [5.41, 5.74) is 1.19. The number of likely N-dealkylation sites (N-methyl/N-ethyl adjacent to an activating group) is 1. The van der Waals surface area contributed by atoms with Gasteiger partial charge in [0.1, 0.15) is 6.54 Å². The number of carbonyl (C=O) groups is 1. The van der Waals surface area contributed by atoms with Crippen LogP contribution in [-0.4, -0.2) is 65.7 Å². The summed E-state index contributed by atoms with van der Waals surface area (Å²) in [6.07, 6.45) is 4.57. The zero-order valence-electron chi connectivity index (χ0n) is 15.8. The first kappa shape index (κ1) is 18.3. The number of carbonyl (C=O) groups excluding carboxylic acids is 1. The maximum atomic E-state index is 12.7. The summed E-state index contributed by atoms with van der Waals surface area (Å²) in [6.45, 7) is 3.34. The lowest BCUT2D eigenvalue weighted by Gasteiger charge is -2.37. The van der Waals surface area contributed by atoms with E-state index in [2.05, 4.69) is 11.9 Å². The van der Waals surface area contributed by atoms with E-state index in [-0.39, 0.29) is 12.5 Å². The molecule has 4 rings (SSSR count). The average molecular weight is 373 g/mol. The van der Waals surface area contributed by atoms with Crippen LogP contribution in [0.3, 0.4) is 0 Å². The number of ether oxygens (including phenoxy) is 1. The Kier molecular flexibility index (Phi) is 5.31. The van der Waals surface area contributed by atoms with Crippen molar-refractivity contribution in [2.45, 2.75) is 44.4 Å². The van der Waals surface area contributed by atoms with Gasteiger partial charge in [0.05, 0.1) is 11.6 Å². The second kappa shape index (κ2) is 7.86. The van der Waals surface area contributed by atoms with Crippen LogP contribution in [0.1, 0.15) is 25.7 Å². The van der Waals surface area contributed by atoms with Crippen molar-refractivity contribution in [3.05, 3.63) is 34.8 Å². The molecule has 0 spiro atoms. The van der Waals surface area contributed by atoms with E-state index in [0.29, 0.717) is 23.2 Å². The van der Waals surface area contributed by atoms with Gasteiger partial charge in [-0.2, -0.15) is 0 Å². The first-order valence-corrected chi connectivity index (χ1v) is 9.80. The largest absolute Gasteiger partial charge is 0.420 e. The van der Waals surface area contributed by atoms with Gasteiger partial charge in [0, 0.05) is 32.3 Å². The number of aromatic nitrogens is 1. The van der Waals surface area contributed by atoms with E-state index in [0.717, 1.165) is 51.9 Å². The molecular formula is C20H27N3O4. The molecule has 0 saturated carbocycles. The number of para-hydroxylation sites is 2. The minimum atomic E-state index is -0.476. The second-order valence-electron chi connectivity index (χ2n) is 7.61. The maximum Gasteiger partial charge on any atom is 0.420 e. The van der Waals surface area contributed by atoms with E-state index in [4.69, 9.17) is 9.15 Å². The first-order chi connectivity index (χ1) is 13.1. The van der Waals surface area contributed by atoms with Crippen LogP contribution >= 0.6 is 0 Å². The molecule has 1 aromatic heterocycles. The van der Waals surface area contributed by atoms with Crippen LogP contribution in [0.15, 0.2) is 33.5 Å². The van der Waals surface area contributed by atoms with Crippen molar-refractivity contribution in [2.75, 3.05) is 33.3 Å². The number of amides is 1. The molecule has 2 fully saturated rings. The summed E-state index contributed by atoms with van der Waals surface area (Å²) in [4.78, 5) is 29.0. The summed E-state index contributed by atoms with van der Waals surface area (Å²) >= 11 is 0. The fraction of sp³-hybridized carbons (Fsp3) is 0.600. The zero-order chi connectivity index (χ0) is 18.8. The summed E-state index contributed by atoms with van der Waals surface area (Å²) in [7, 11) is 2.15. The Morgan fingerprint density at radius 2 is 2.00 bits per heavy atom. The minimum Gasteiger partial charge on any atom is -0.408 e. The molecule has 1 aromatic carbocycles. The Bertz CT molecular complexity index is 844. The number of piperidine rings is 1. The summed E-state index contributed by atoms with van der Waals surface area (Å²) in [5.74, 6) is -0.500. The van der Waals surface area contributed by atoms with Crippen molar-refractivity contribution in [1.82, 2.24) is 14.4 Å². The smallest absolute Gasteiger partial charge is 0.408 e. The van der Waals surface area contributed by atoms with Crippen molar-refractivity contribution in [3.63, 3.8) is 0 Å². The number of hydrogen-bond donors (Lipinski definition) is 0. The molecule has 146 valence electrons. The average Bonchev–Trinajstić information content (AvgIpc) is 3.30. The summed E-state index contributed by atoms with van der Waals surface area (Å²) in [6, 6.07) is 7.69. The Hall–Kier alpha value is -2.12. The number of fused-ring (bicyclic) bond motifs is 1. The highest BCUT2D eigenvalue weighted by atomic mass is 16.5.